The number of hydrogen-bond acceptors (Lipinski definition) is 4. The fourth-order valence-corrected chi connectivity index (χ4v) is 3.90. The minimum atomic E-state index is -0.310. The number of nitrogens with zero attached hydrogens (tertiary/aromatic N) is 1. The van der Waals surface area contributed by atoms with Crippen LogP contribution in [0.4, 0.5) is 4.79 Å². The van der Waals surface area contributed by atoms with Gasteiger partial charge in [0.25, 0.3) is 0 Å². The molecule has 1 heterocycles. The number of carbonyl (C=O) groups excluding carboxylic acids is 1. The molecule has 24 heavy (non-hydrogen) atoms. The molecular formula is C18H29N3O3. The Morgan fingerprint density at radius 1 is 1.21 bits per heavy atom. The zero-order valence-electron chi connectivity index (χ0n) is 15.3. The molecule has 1 aliphatic rings. The molecule has 0 atom stereocenters. The van der Waals surface area contributed by atoms with E-state index >= 15 is 0 Å². The summed E-state index contributed by atoms with van der Waals surface area (Å²) >= 11 is 0. The van der Waals surface area contributed by atoms with E-state index in [0.29, 0.717) is 11.5 Å². The van der Waals surface area contributed by atoms with E-state index < -0.39 is 0 Å². The van der Waals surface area contributed by atoms with Crippen molar-refractivity contribution >= 4 is 6.03 Å². The van der Waals surface area contributed by atoms with Crippen LogP contribution in [0, 0.1) is 0 Å². The second-order valence-electron chi connectivity index (χ2n) is 7.55. The number of hydrogen-bond donors (Lipinski definition) is 2. The molecule has 0 radical (unpaired) electrons. The zero-order chi connectivity index (χ0) is 18.0. The van der Waals surface area contributed by atoms with Gasteiger partial charge in [0.2, 0.25) is 0 Å². The second kappa shape index (κ2) is 6.89. The number of carbonyl (C=O) groups is 1. The molecule has 2 rings (SSSR count). The summed E-state index contributed by atoms with van der Waals surface area (Å²) in [5, 5.41) is 2.85. The second-order valence-corrected chi connectivity index (χ2v) is 7.55. The maximum atomic E-state index is 12.7. The number of amides is 2. The van der Waals surface area contributed by atoms with Crippen molar-refractivity contribution in [1.82, 2.24) is 10.2 Å². The highest BCUT2D eigenvalue weighted by molar-refractivity contribution is 5.76. The smallest absolute Gasteiger partial charge is 0.320 e. The first kappa shape index (κ1) is 18.4. The molecule has 6 nitrogen and oxygen atoms in total. The lowest BCUT2D eigenvalue weighted by Crippen LogP contribution is -2.67. The molecule has 0 saturated carbocycles. The van der Waals surface area contributed by atoms with Crippen LogP contribution in [0.1, 0.15) is 40.5 Å². The number of likely N-dealkylation sites (tertiary alicyclic amines) is 1. The summed E-state index contributed by atoms with van der Waals surface area (Å²) in [4.78, 5) is 14.6. The Hall–Kier alpha value is -1.95. The maximum Gasteiger partial charge on any atom is 0.320 e. The van der Waals surface area contributed by atoms with Gasteiger partial charge >= 0.3 is 6.03 Å². The van der Waals surface area contributed by atoms with E-state index in [-0.39, 0.29) is 29.9 Å². The van der Waals surface area contributed by atoms with Gasteiger partial charge in [0.05, 0.1) is 7.11 Å². The Kier molecular flexibility index (Phi) is 5.28. The number of benzene rings is 1. The number of rotatable bonds is 4. The van der Waals surface area contributed by atoms with Crippen molar-refractivity contribution in [2.24, 2.45) is 5.73 Å². The summed E-state index contributed by atoms with van der Waals surface area (Å²) in [6.45, 7) is 8.28. The molecule has 1 aromatic rings. The van der Waals surface area contributed by atoms with E-state index in [0.717, 1.165) is 12.8 Å². The maximum absolute atomic E-state index is 12.7. The molecule has 0 aromatic heterocycles. The standard InChI is InChI=1S/C18H29N3O3/c1-17(2)10-13(19)11-18(3,4)21(17)16(22)20-12-24-15-9-7-6-8-14(15)23-5/h6-9,13H,10-12,19H2,1-5H3,(H,20,22). The SMILES string of the molecule is COc1ccccc1OCNC(=O)N1C(C)(C)CC(N)CC1(C)C. The van der Waals surface area contributed by atoms with Crippen molar-refractivity contribution in [2.75, 3.05) is 13.8 Å². The number of piperidine rings is 1. The van der Waals surface area contributed by atoms with Crippen LogP contribution >= 0.6 is 0 Å². The number of nitrogens with one attached hydrogen (secondary N) is 1. The van der Waals surface area contributed by atoms with Gasteiger partial charge in [0.15, 0.2) is 18.2 Å². The zero-order valence-corrected chi connectivity index (χ0v) is 15.3. The minimum absolute atomic E-state index is 0.0773. The Labute approximate surface area is 144 Å². The van der Waals surface area contributed by atoms with Crippen LogP contribution in [0.15, 0.2) is 24.3 Å². The molecule has 0 bridgehead atoms. The van der Waals surface area contributed by atoms with E-state index in [9.17, 15) is 4.79 Å². The predicted octanol–water partition coefficient (Wildman–Crippen LogP) is 2.72. The Morgan fingerprint density at radius 2 is 1.75 bits per heavy atom. The molecule has 1 aromatic carbocycles. The Balaban J connectivity index is 2.01. The number of para-hydroxylation sites is 2. The van der Waals surface area contributed by atoms with Gasteiger partial charge < -0.3 is 25.4 Å². The average molecular weight is 335 g/mol. The third-order valence-electron chi connectivity index (χ3n) is 4.46. The van der Waals surface area contributed by atoms with E-state index in [2.05, 4.69) is 33.0 Å². The van der Waals surface area contributed by atoms with Crippen molar-refractivity contribution in [1.29, 1.82) is 0 Å². The molecule has 2 amide bonds. The number of urea groups is 1. The lowest BCUT2D eigenvalue weighted by Gasteiger charge is -2.54. The van der Waals surface area contributed by atoms with Crippen LogP contribution in [-0.2, 0) is 0 Å². The molecule has 0 unspecified atom stereocenters. The molecule has 0 aliphatic carbocycles. The van der Waals surface area contributed by atoms with Crippen LogP contribution in [0.5, 0.6) is 11.5 Å². The van der Waals surface area contributed by atoms with E-state index in [1.54, 1.807) is 13.2 Å². The normalized spacial score (nSPS) is 19.7. The van der Waals surface area contributed by atoms with E-state index in [4.69, 9.17) is 15.2 Å². The summed E-state index contributed by atoms with van der Waals surface area (Å²) in [6.07, 6.45) is 1.55. The third kappa shape index (κ3) is 3.93. The number of nitrogens with two attached hydrogens (primary N) is 1. The summed E-state index contributed by atoms with van der Waals surface area (Å²) in [5.41, 5.74) is 5.54. The van der Waals surface area contributed by atoms with Gasteiger partial charge in [-0.2, -0.15) is 0 Å². The predicted molar refractivity (Wildman–Crippen MR) is 94.2 cm³/mol. The van der Waals surface area contributed by atoms with Crippen molar-refractivity contribution in [3.05, 3.63) is 24.3 Å². The minimum Gasteiger partial charge on any atom is -0.493 e. The topological polar surface area (TPSA) is 76.8 Å². The van der Waals surface area contributed by atoms with Gasteiger partial charge in [-0.25, -0.2) is 4.79 Å². The summed E-state index contributed by atoms with van der Waals surface area (Å²) < 4.78 is 10.9. The summed E-state index contributed by atoms with van der Waals surface area (Å²) in [6, 6.07) is 7.30. The largest absolute Gasteiger partial charge is 0.493 e. The van der Waals surface area contributed by atoms with E-state index in [1.807, 2.05) is 23.1 Å². The molecule has 1 aliphatic heterocycles. The lowest BCUT2D eigenvalue weighted by atomic mass is 9.77. The number of methoxy groups -OCH3 is 1. The van der Waals surface area contributed by atoms with Gasteiger partial charge in [-0.1, -0.05) is 12.1 Å². The molecule has 0 spiro atoms. The first-order valence-electron chi connectivity index (χ1n) is 8.27. The third-order valence-corrected chi connectivity index (χ3v) is 4.46. The van der Waals surface area contributed by atoms with Crippen molar-refractivity contribution in [3.63, 3.8) is 0 Å². The van der Waals surface area contributed by atoms with Crippen molar-refractivity contribution in [3.8, 4) is 11.5 Å². The van der Waals surface area contributed by atoms with Gasteiger partial charge in [0, 0.05) is 17.1 Å². The van der Waals surface area contributed by atoms with Crippen molar-refractivity contribution < 1.29 is 14.3 Å². The van der Waals surface area contributed by atoms with Crippen molar-refractivity contribution in [2.45, 2.75) is 57.7 Å². The van der Waals surface area contributed by atoms with Crippen LogP contribution in [0.2, 0.25) is 0 Å². The highest BCUT2D eigenvalue weighted by Crippen LogP contribution is 2.37. The number of ether oxygens (including phenoxy) is 2. The summed E-state index contributed by atoms with van der Waals surface area (Å²) in [5.74, 6) is 1.23. The molecule has 1 fully saturated rings. The van der Waals surface area contributed by atoms with Gasteiger partial charge in [-0.15, -0.1) is 0 Å². The van der Waals surface area contributed by atoms with Crippen LogP contribution < -0.4 is 20.5 Å². The van der Waals surface area contributed by atoms with Crippen LogP contribution in [0.3, 0.4) is 0 Å². The van der Waals surface area contributed by atoms with Gasteiger partial charge in [-0.05, 0) is 52.7 Å². The first-order valence-corrected chi connectivity index (χ1v) is 8.27. The molecule has 134 valence electrons. The van der Waals surface area contributed by atoms with Crippen LogP contribution in [0.25, 0.3) is 0 Å². The Bertz CT molecular complexity index is 569. The molecule has 3 N–H and O–H groups in total. The fraction of sp³-hybridized carbons (Fsp3) is 0.611. The average Bonchev–Trinajstić information content (AvgIpc) is 2.44. The highest BCUT2D eigenvalue weighted by Gasteiger charge is 2.46. The van der Waals surface area contributed by atoms with Crippen LogP contribution in [-0.4, -0.2) is 41.9 Å². The summed E-state index contributed by atoms with van der Waals surface area (Å²) in [7, 11) is 1.59. The highest BCUT2D eigenvalue weighted by atomic mass is 16.5. The molecule has 1 saturated heterocycles. The fourth-order valence-electron chi connectivity index (χ4n) is 3.90. The Morgan fingerprint density at radius 3 is 2.29 bits per heavy atom. The lowest BCUT2D eigenvalue weighted by molar-refractivity contribution is 0.00141. The molecular weight excluding hydrogens is 306 g/mol. The van der Waals surface area contributed by atoms with E-state index in [1.165, 1.54) is 0 Å². The van der Waals surface area contributed by atoms with Gasteiger partial charge in [0.1, 0.15) is 0 Å². The quantitative estimate of drug-likeness (QED) is 0.830. The monoisotopic (exact) mass is 335 g/mol. The molecule has 6 heteroatoms. The van der Waals surface area contributed by atoms with Gasteiger partial charge in [-0.3, -0.25) is 0 Å². The first-order chi connectivity index (χ1) is 11.2.